The lowest BCUT2D eigenvalue weighted by molar-refractivity contribution is -0.117. The van der Waals surface area contributed by atoms with E-state index in [1.165, 1.54) is 6.92 Å². The van der Waals surface area contributed by atoms with Gasteiger partial charge in [0, 0.05) is 37.8 Å². The summed E-state index contributed by atoms with van der Waals surface area (Å²) >= 11 is 7.24. The zero-order valence-electron chi connectivity index (χ0n) is 15.9. The van der Waals surface area contributed by atoms with E-state index in [-0.39, 0.29) is 57.3 Å². The number of ketones is 1. The number of cyclic esters (lactones) is 1. The number of esters is 1. The molecule has 1 aromatic carbocycles. The summed E-state index contributed by atoms with van der Waals surface area (Å²) in [4.78, 5) is 36.7. The van der Waals surface area contributed by atoms with Crippen molar-refractivity contribution in [3.8, 4) is 11.5 Å². The van der Waals surface area contributed by atoms with Crippen LogP contribution >= 0.6 is 23.4 Å². The summed E-state index contributed by atoms with van der Waals surface area (Å²) in [6, 6.07) is 0.949. The van der Waals surface area contributed by atoms with Gasteiger partial charge in [0.1, 0.15) is 35.1 Å². The van der Waals surface area contributed by atoms with Crippen LogP contribution in [0.15, 0.2) is 18.2 Å². The second kappa shape index (κ2) is 8.77. The van der Waals surface area contributed by atoms with Crippen LogP contribution in [0, 0.1) is 0 Å². The molecule has 156 valence electrons. The van der Waals surface area contributed by atoms with Crippen LogP contribution in [0.1, 0.15) is 42.6 Å². The number of Topliss-reactive ketones (excluding diaryl/α,β-unsaturated/α-hetero) is 1. The van der Waals surface area contributed by atoms with E-state index >= 15 is 0 Å². The second-order valence-electron chi connectivity index (χ2n) is 7.09. The molecule has 2 aliphatic heterocycles. The third-order valence-electron chi connectivity index (χ3n) is 4.69. The fourth-order valence-electron chi connectivity index (χ4n) is 3.34. The molecule has 0 radical (unpaired) electrons. The summed E-state index contributed by atoms with van der Waals surface area (Å²) in [7, 11) is 0. The van der Waals surface area contributed by atoms with Crippen molar-refractivity contribution < 1.29 is 34.1 Å². The van der Waals surface area contributed by atoms with Gasteiger partial charge in [0.05, 0.1) is 16.4 Å². The van der Waals surface area contributed by atoms with Crippen molar-refractivity contribution in [2.45, 2.75) is 56.7 Å². The van der Waals surface area contributed by atoms with Crippen LogP contribution in [0.3, 0.4) is 0 Å². The zero-order chi connectivity index (χ0) is 21.3. The molecule has 2 N–H and O–H groups in total. The monoisotopic (exact) mass is 440 g/mol. The Balaban J connectivity index is 1.95. The maximum Gasteiger partial charge on any atom is 0.342 e. The first-order valence-corrected chi connectivity index (χ1v) is 10.4. The molecule has 1 aromatic rings. The summed E-state index contributed by atoms with van der Waals surface area (Å²) in [5.74, 6) is -2.06. The maximum absolute atomic E-state index is 12.7. The number of fused-ring (bicyclic) bond motifs is 2. The number of phenolic OH excluding ortho intramolecular Hbond substituents is 2. The van der Waals surface area contributed by atoms with E-state index in [4.69, 9.17) is 21.1 Å². The van der Waals surface area contributed by atoms with E-state index in [0.29, 0.717) is 6.42 Å². The Labute approximate surface area is 177 Å². The average Bonchev–Trinajstić information content (AvgIpc) is 3.36. The summed E-state index contributed by atoms with van der Waals surface area (Å²) in [6.45, 7) is 3.16. The SMILES string of the molecule is CC(=O)S[C@@H]1/C=C\CC(=O)Cc2c(Cl)c(O)cc(O)c2C(=O)O[C@H](C)C[C@H]2O[C@H]21. The number of ether oxygens (including phenoxy) is 2. The van der Waals surface area contributed by atoms with E-state index in [1.54, 1.807) is 19.1 Å². The van der Waals surface area contributed by atoms with Gasteiger partial charge in [0.15, 0.2) is 5.12 Å². The van der Waals surface area contributed by atoms with E-state index in [0.717, 1.165) is 17.8 Å². The van der Waals surface area contributed by atoms with E-state index in [1.807, 2.05) is 0 Å². The third-order valence-corrected chi connectivity index (χ3v) is 6.14. The van der Waals surface area contributed by atoms with Gasteiger partial charge in [0.25, 0.3) is 0 Å². The van der Waals surface area contributed by atoms with Gasteiger partial charge in [-0.25, -0.2) is 4.79 Å². The minimum Gasteiger partial charge on any atom is -0.507 e. The number of phenols is 2. The van der Waals surface area contributed by atoms with Crippen LogP contribution in [0.4, 0.5) is 0 Å². The molecule has 4 atom stereocenters. The minimum absolute atomic E-state index is 0.0204. The van der Waals surface area contributed by atoms with Crippen LogP contribution in [0.2, 0.25) is 5.02 Å². The molecule has 1 fully saturated rings. The van der Waals surface area contributed by atoms with Gasteiger partial charge >= 0.3 is 5.97 Å². The predicted octanol–water partition coefficient (Wildman–Crippen LogP) is 3.17. The number of benzene rings is 1. The molecular formula is C20H21ClO7S. The highest BCUT2D eigenvalue weighted by Gasteiger charge is 2.45. The largest absolute Gasteiger partial charge is 0.507 e. The van der Waals surface area contributed by atoms with Crippen LogP contribution in [-0.2, 0) is 25.5 Å². The summed E-state index contributed by atoms with van der Waals surface area (Å²) < 4.78 is 11.1. The summed E-state index contributed by atoms with van der Waals surface area (Å²) in [5.41, 5.74) is -0.209. The average molecular weight is 441 g/mol. The number of hydrogen-bond acceptors (Lipinski definition) is 8. The highest BCUT2D eigenvalue weighted by atomic mass is 35.5. The Bertz CT molecular complexity index is 882. The first-order valence-electron chi connectivity index (χ1n) is 9.12. The van der Waals surface area contributed by atoms with Crippen molar-refractivity contribution in [1.29, 1.82) is 0 Å². The van der Waals surface area contributed by atoms with Gasteiger partial charge in [-0.3, -0.25) is 9.59 Å². The number of hydrogen-bond donors (Lipinski definition) is 2. The Morgan fingerprint density at radius 3 is 2.69 bits per heavy atom. The molecule has 7 nitrogen and oxygen atoms in total. The normalized spacial score (nSPS) is 28.5. The van der Waals surface area contributed by atoms with Gasteiger partial charge in [-0.15, -0.1) is 0 Å². The molecule has 9 heteroatoms. The van der Waals surface area contributed by atoms with Gasteiger partial charge in [-0.1, -0.05) is 35.5 Å². The number of carbonyl (C=O) groups excluding carboxylic acids is 3. The lowest BCUT2D eigenvalue weighted by Crippen LogP contribution is -2.21. The third kappa shape index (κ3) is 5.12. The van der Waals surface area contributed by atoms with Crippen molar-refractivity contribution in [2.24, 2.45) is 0 Å². The molecule has 0 spiro atoms. The summed E-state index contributed by atoms with van der Waals surface area (Å²) in [5, 5.41) is 19.6. The van der Waals surface area contributed by atoms with Gasteiger partial charge < -0.3 is 19.7 Å². The van der Waals surface area contributed by atoms with Crippen LogP contribution in [-0.4, -0.2) is 50.6 Å². The van der Waals surface area contributed by atoms with Crippen molar-refractivity contribution in [2.75, 3.05) is 0 Å². The Hall–Kier alpha value is -2.03. The molecule has 0 bridgehead atoms. The van der Waals surface area contributed by atoms with Crippen molar-refractivity contribution in [1.82, 2.24) is 0 Å². The number of allylic oxidation sites excluding steroid dienone is 1. The predicted molar refractivity (Wildman–Crippen MR) is 107 cm³/mol. The number of halogens is 1. The highest BCUT2D eigenvalue weighted by Crippen LogP contribution is 2.39. The molecule has 3 rings (SSSR count). The minimum atomic E-state index is -0.834. The highest BCUT2D eigenvalue weighted by molar-refractivity contribution is 8.14. The lowest BCUT2D eigenvalue weighted by atomic mass is 9.98. The topological polar surface area (TPSA) is 113 Å². The number of thioether (sulfide) groups is 1. The van der Waals surface area contributed by atoms with Crippen molar-refractivity contribution >= 4 is 40.2 Å². The van der Waals surface area contributed by atoms with Gasteiger partial charge in [-0.2, -0.15) is 0 Å². The first-order chi connectivity index (χ1) is 13.7. The fourth-order valence-corrected chi connectivity index (χ4v) is 4.50. The molecule has 1 saturated heterocycles. The number of carbonyl (C=O) groups is 3. The standard InChI is InChI=1S/C20H21ClO7S/c1-9-6-15-19(28-15)16(29-10(2)22)5-3-4-11(23)7-12-17(20(26)27-9)13(24)8-14(25)18(12)21/h3,5,8-9,15-16,19,24-25H,4,6-7H2,1-2H3/b5-3-/t9-,15-,16-,19-/m1/s1. The number of aromatic hydroxyl groups is 2. The van der Waals surface area contributed by atoms with E-state index in [2.05, 4.69) is 0 Å². The Morgan fingerprint density at radius 1 is 1.28 bits per heavy atom. The van der Waals surface area contributed by atoms with E-state index < -0.39 is 23.6 Å². The molecule has 0 unspecified atom stereocenters. The first kappa shape index (κ1) is 21.7. The van der Waals surface area contributed by atoms with Crippen LogP contribution < -0.4 is 0 Å². The Kier molecular flexibility index (Phi) is 6.55. The quantitative estimate of drug-likeness (QED) is 0.389. The number of epoxide rings is 1. The molecule has 0 aromatic heterocycles. The molecular weight excluding hydrogens is 420 g/mol. The summed E-state index contributed by atoms with van der Waals surface area (Å²) in [6.07, 6.45) is 2.69. The fraction of sp³-hybridized carbons (Fsp3) is 0.450. The zero-order valence-corrected chi connectivity index (χ0v) is 17.5. The maximum atomic E-state index is 12.7. The smallest absolute Gasteiger partial charge is 0.342 e. The molecule has 2 heterocycles. The van der Waals surface area contributed by atoms with Crippen LogP contribution in [0.5, 0.6) is 11.5 Å². The van der Waals surface area contributed by atoms with Gasteiger partial charge in [-0.05, 0) is 6.92 Å². The number of rotatable bonds is 1. The molecule has 0 saturated carbocycles. The van der Waals surface area contributed by atoms with Crippen LogP contribution in [0.25, 0.3) is 0 Å². The second-order valence-corrected chi connectivity index (χ2v) is 8.83. The van der Waals surface area contributed by atoms with Gasteiger partial charge in [0.2, 0.25) is 0 Å². The van der Waals surface area contributed by atoms with Crippen molar-refractivity contribution in [3.05, 3.63) is 34.4 Å². The van der Waals surface area contributed by atoms with Crippen molar-refractivity contribution in [3.63, 3.8) is 0 Å². The molecule has 29 heavy (non-hydrogen) atoms. The lowest BCUT2D eigenvalue weighted by Gasteiger charge is -2.17. The Morgan fingerprint density at radius 2 is 2.00 bits per heavy atom. The van der Waals surface area contributed by atoms with E-state index in [9.17, 15) is 24.6 Å². The molecule has 0 amide bonds. The molecule has 2 aliphatic rings. The molecule has 0 aliphatic carbocycles.